The number of benzene rings is 2. The molecule has 2 aromatic heterocycles. The molecule has 2 aromatic carbocycles. The van der Waals surface area contributed by atoms with Gasteiger partial charge in [-0.3, -0.25) is 4.90 Å². The number of nitrogen functional groups attached to an aromatic ring is 1. The van der Waals surface area contributed by atoms with Gasteiger partial charge in [0.25, 0.3) is 0 Å². The highest BCUT2D eigenvalue weighted by molar-refractivity contribution is 5.80. The van der Waals surface area contributed by atoms with E-state index in [4.69, 9.17) is 20.2 Å². The van der Waals surface area contributed by atoms with Crippen molar-refractivity contribution in [2.75, 3.05) is 56.4 Å². The molecule has 0 radical (unpaired) electrons. The lowest BCUT2D eigenvalue weighted by molar-refractivity contribution is 0.150. The second kappa shape index (κ2) is 10.7. The molecule has 1 fully saturated rings. The first-order valence-corrected chi connectivity index (χ1v) is 11.9. The summed E-state index contributed by atoms with van der Waals surface area (Å²) in [5, 5.41) is 7.71. The standard InChI is InChI=1S/C26H30FN7O2/c1-35-24-14-18(30-19-15-34(16-19)11-9-27)5-6-23(24)32-26-31-22(21-7-10-29-25(21)33-26)8-12-36-20-4-2-3-17(28)13-20/h2-7,10,13-14,19,30H,8-9,11-12,15-16,28H2,1H3,(H2,29,31,32,33). The Morgan fingerprint density at radius 2 is 2.06 bits per heavy atom. The molecular weight excluding hydrogens is 461 g/mol. The van der Waals surface area contributed by atoms with E-state index in [1.807, 2.05) is 48.7 Å². The Morgan fingerprint density at radius 1 is 1.17 bits per heavy atom. The van der Waals surface area contributed by atoms with E-state index in [1.165, 1.54) is 0 Å². The molecule has 10 heteroatoms. The zero-order chi connectivity index (χ0) is 24.9. The van der Waals surface area contributed by atoms with Crippen molar-refractivity contribution >= 4 is 34.0 Å². The number of hydrogen-bond acceptors (Lipinski definition) is 8. The van der Waals surface area contributed by atoms with E-state index in [0.29, 0.717) is 43.0 Å². The van der Waals surface area contributed by atoms with Crippen molar-refractivity contribution in [3.63, 3.8) is 0 Å². The number of likely N-dealkylation sites (tertiary alicyclic amines) is 1. The molecular formula is C26H30FN7O2. The Hall–Kier alpha value is -4.05. The van der Waals surface area contributed by atoms with Crippen LogP contribution in [0.25, 0.3) is 11.0 Å². The number of nitrogens with zero attached hydrogens (tertiary/aromatic N) is 3. The summed E-state index contributed by atoms with van der Waals surface area (Å²) >= 11 is 0. The molecule has 4 aromatic rings. The number of hydrogen-bond donors (Lipinski definition) is 4. The summed E-state index contributed by atoms with van der Waals surface area (Å²) in [5.74, 6) is 1.86. The van der Waals surface area contributed by atoms with Gasteiger partial charge in [-0.1, -0.05) is 6.07 Å². The van der Waals surface area contributed by atoms with Gasteiger partial charge >= 0.3 is 0 Å². The molecule has 3 heterocycles. The monoisotopic (exact) mass is 491 g/mol. The molecule has 188 valence electrons. The summed E-state index contributed by atoms with van der Waals surface area (Å²) in [4.78, 5) is 14.6. The number of ether oxygens (including phenoxy) is 2. The predicted molar refractivity (Wildman–Crippen MR) is 140 cm³/mol. The second-order valence-corrected chi connectivity index (χ2v) is 8.73. The van der Waals surface area contributed by atoms with Crippen LogP contribution in [-0.2, 0) is 6.42 Å². The van der Waals surface area contributed by atoms with E-state index in [9.17, 15) is 4.39 Å². The number of alkyl halides is 1. The van der Waals surface area contributed by atoms with Crippen molar-refractivity contribution in [3.05, 3.63) is 60.4 Å². The summed E-state index contributed by atoms with van der Waals surface area (Å²) in [6.07, 6.45) is 2.45. The van der Waals surface area contributed by atoms with E-state index in [0.717, 1.165) is 46.9 Å². The Balaban J connectivity index is 1.27. The summed E-state index contributed by atoms with van der Waals surface area (Å²) < 4.78 is 24.0. The quantitative estimate of drug-likeness (QED) is 0.233. The summed E-state index contributed by atoms with van der Waals surface area (Å²) in [5.41, 5.74) is 9.81. The van der Waals surface area contributed by atoms with Crippen LogP contribution < -0.4 is 25.8 Å². The minimum absolute atomic E-state index is 0.302. The number of nitrogens with two attached hydrogens (primary N) is 1. The van der Waals surface area contributed by atoms with Gasteiger partial charge in [0.1, 0.15) is 23.8 Å². The zero-order valence-electron chi connectivity index (χ0n) is 20.1. The van der Waals surface area contributed by atoms with Crippen molar-refractivity contribution in [1.82, 2.24) is 19.9 Å². The topological polar surface area (TPSA) is 113 Å². The van der Waals surface area contributed by atoms with Crippen molar-refractivity contribution in [2.24, 2.45) is 0 Å². The average Bonchev–Trinajstić information content (AvgIpc) is 3.32. The third kappa shape index (κ3) is 5.44. The zero-order valence-corrected chi connectivity index (χ0v) is 20.1. The van der Waals surface area contributed by atoms with E-state index < -0.39 is 0 Å². The molecule has 5 rings (SSSR count). The number of anilines is 4. The van der Waals surface area contributed by atoms with Crippen molar-refractivity contribution in [2.45, 2.75) is 12.5 Å². The summed E-state index contributed by atoms with van der Waals surface area (Å²) in [7, 11) is 1.63. The molecule has 0 bridgehead atoms. The lowest BCUT2D eigenvalue weighted by Crippen LogP contribution is -2.55. The molecule has 36 heavy (non-hydrogen) atoms. The Labute approximate surface area is 208 Å². The van der Waals surface area contributed by atoms with Gasteiger partial charge in [0.2, 0.25) is 5.95 Å². The fourth-order valence-corrected chi connectivity index (χ4v) is 4.32. The van der Waals surface area contributed by atoms with Crippen LogP contribution in [0.3, 0.4) is 0 Å². The third-order valence-electron chi connectivity index (χ3n) is 6.14. The molecule has 0 amide bonds. The maximum absolute atomic E-state index is 12.5. The fraction of sp³-hybridized carbons (Fsp3) is 0.308. The van der Waals surface area contributed by atoms with Crippen LogP contribution in [0.15, 0.2) is 54.7 Å². The van der Waals surface area contributed by atoms with Crippen LogP contribution in [0.2, 0.25) is 0 Å². The summed E-state index contributed by atoms with van der Waals surface area (Å²) in [6.45, 7) is 2.30. The van der Waals surface area contributed by atoms with Crippen LogP contribution in [0.5, 0.6) is 11.5 Å². The SMILES string of the molecule is COc1cc(NC2CN(CCF)C2)ccc1Nc1nc(CCOc2cccc(N)c2)c2cc[nH]c2n1. The third-order valence-corrected chi connectivity index (χ3v) is 6.14. The maximum Gasteiger partial charge on any atom is 0.229 e. The first-order chi connectivity index (χ1) is 17.6. The highest BCUT2D eigenvalue weighted by Crippen LogP contribution is 2.31. The molecule has 0 spiro atoms. The number of aromatic nitrogens is 3. The molecule has 1 aliphatic rings. The van der Waals surface area contributed by atoms with Crippen molar-refractivity contribution < 1.29 is 13.9 Å². The van der Waals surface area contributed by atoms with Gasteiger partial charge in [0, 0.05) is 61.1 Å². The van der Waals surface area contributed by atoms with Gasteiger partial charge in [-0.05, 0) is 30.3 Å². The molecule has 9 nitrogen and oxygen atoms in total. The Kier molecular flexibility index (Phi) is 7.03. The van der Waals surface area contributed by atoms with E-state index in [-0.39, 0.29) is 6.67 Å². The smallest absolute Gasteiger partial charge is 0.229 e. The fourth-order valence-electron chi connectivity index (χ4n) is 4.32. The van der Waals surface area contributed by atoms with Crippen molar-refractivity contribution in [1.29, 1.82) is 0 Å². The summed E-state index contributed by atoms with van der Waals surface area (Å²) in [6, 6.07) is 15.5. The van der Waals surface area contributed by atoms with Gasteiger partial charge < -0.3 is 30.8 Å². The van der Waals surface area contributed by atoms with Crippen LogP contribution in [0.4, 0.5) is 27.4 Å². The van der Waals surface area contributed by atoms with Gasteiger partial charge in [0.15, 0.2) is 0 Å². The lowest BCUT2D eigenvalue weighted by atomic mass is 10.1. The maximum atomic E-state index is 12.5. The van der Waals surface area contributed by atoms with Gasteiger partial charge in [-0.2, -0.15) is 4.98 Å². The largest absolute Gasteiger partial charge is 0.494 e. The highest BCUT2D eigenvalue weighted by Gasteiger charge is 2.26. The minimum atomic E-state index is -0.311. The molecule has 0 unspecified atom stereocenters. The Morgan fingerprint density at radius 3 is 2.86 bits per heavy atom. The normalized spacial score (nSPS) is 13.9. The number of fused-ring (bicyclic) bond motifs is 1. The van der Waals surface area contributed by atoms with Crippen LogP contribution in [-0.4, -0.2) is 65.9 Å². The molecule has 0 aliphatic carbocycles. The molecule has 0 atom stereocenters. The van der Waals surface area contributed by atoms with Gasteiger partial charge in [-0.25, -0.2) is 9.37 Å². The van der Waals surface area contributed by atoms with Gasteiger partial charge in [0.05, 0.1) is 31.1 Å². The first-order valence-electron chi connectivity index (χ1n) is 11.9. The number of rotatable bonds is 11. The molecule has 5 N–H and O–H groups in total. The van der Waals surface area contributed by atoms with Gasteiger partial charge in [-0.15, -0.1) is 0 Å². The van der Waals surface area contributed by atoms with Crippen LogP contribution in [0, 0.1) is 0 Å². The molecule has 0 saturated carbocycles. The van der Waals surface area contributed by atoms with Crippen molar-refractivity contribution in [3.8, 4) is 11.5 Å². The number of halogens is 1. The van der Waals surface area contributed by atoms with E-state index in [2.05, 4.69) is 25.5 Å². The van der Waals surface area contributed by atoms with E-state index >= 15 is 0 Å². The van der Waals surface area contributed by atoms with Crippen LogP contribution >= 0.6 is 0 Å². The molecule has 1 saturated heterocycles. The highest BCUT2D eigenvalue weighted by atomic mass is 19.1. The minimum Gasteiger partial charge on any atom is -0.494 e. The number of H-pyrrole nitrogens is 1. The first kappa shape index (κ1) is 23.7. The lowest BCUT2D eigenvalue weighted by Gasteiger charge is -2.39. The number of methoxy groups -OCH3 is 1. The predicted octanol–water partition coefficient (Wildman–Crippen LogP) is 3.98. The Bertz CT molecular complexity index is 1320. The van der Waals surface area contributed by atoms with Crippen LogP contribution in [0.1, 0.15) is 5.69 Å². The number of nitrogens with one attached hydrogen (secondary N) is 3. The molecule has 1 aliphatic heterocycles. The van der Waals surface area contributed by atoms with E-state index in [1.54, 1.807) is 13.2 Å². The second-order valence-electron chi connectivity index (χ2n) is 8.73. The average molecular weight is 492 g/mol. The number of aromatic amines is 1.